The summed E-state index contributed by atoms with van der Waals surface area (Å²) in [5.41, 5.74) is -5.09. The maximum absolute atomic E-state index is 14.6. The number of aryl methyl sites for hydroxylation is 2. The normalized spacial score (nSPS) is 12.7. The van der Waals surface area contributed by atoms with Crippen LogP contribution >= 0.6 is 23.6 Å². The van der Waals surface area contributed by atoms with Crippen LogP contribution in [0.1, 0.15) is 39.7 Å². The van der Waals surface area contributed by atoms with Gasteiger partial charge in [0.05, 0.1) is 10.2 Å². The molecule has 0 amide bonds. The number of thiocarbonyl (C=S) groups is 1. The second kappa shape index (κ2) is 8.65. The number of fused-ring (bicyclic) bond motifs is 1. The molecule has 0 aliphatic heterocycles. The molecule has 0 saturated heterocycles. The molecule has 0 atom stereocenters. The summed E-state index contributed by atoms with van der Waals surface area (Å²) in [6.07, 6.45) is -12.2. The van der Waals surface area contributed by atoms with E-state index in [9.17, 15) is 30.7 Å². The quantitative estimate of drug-likeness (QED) is 0.208. The minimum atomic E-state index is -6.17. The van der Waals surface area contributed by atoms with Crippen molar-refractivity contribution in [1.82, 2.24) is 4.98 Å². The minimum Gasteiger partial charge on any atom is -0.226 e. The van der Waals surface area contributed by atoms with Crippen LogP contribution < -0.4 is 0 Å². The SMILES string of the molecule is CCc1cc(C(F)(C(F)(F)F)C(F)(F)F)cc(C)c1CC(=S)c1ccc2nc(C#N)sc2c1. The van der Waals surface area contributed by atoms with E-state index < -0.39 is 23.6 Å². The summed E-state index contributed by atoms with van der Waals surface area (Å²) in [7, 11) is 0. The van der Waals surface area contributed by atoms with Gasteiger partial charge in [-0.1, -0.05) is 37.3 Å². The molecule has 0 saturated carbocycles. The average molecular weight is 504 g/mol. The molecule has 1 heterocycles. The van der Waals surface area contributed by atoms with Crippen LogP contribution in [0.25, 0.3) is 10.2 Å². The molecule has 0 radical (unpaired) electrons. The average Bonchev–Trinajstić information content (AvgIpc) is 3.15. The zero-order valence-electron chi connectivity index (χ0n) is 17.2. The van der Waals surface area contributed by atoms with E-state index in [-0.39, 0.29) is 29.0 Å². The summed E-state index contributed by atoms with van der Waals surface area (Å²) in [5.74, 6) is 0. The summed E-state index contributed by atoms with van der Waals surface area (Å²) < 4.78 is 94.5. The topological polar surface area (TPSA) is 36.7 Å². The number of benzene rings is 2. The first kappa shape index (κ1) is 25.1. The Morgan fingerprint density at radius 1 is 1.06 bits per heavy atom. The summed E-state index contributed by atoms with van der Waals surface area (Å²) in [6.45, 7) is 2.89. The van der Waals surface area contributed by atoms with E-state index in [4.69, 9.17) is 17.5 Å². The first-order valence-electron chi connectivity index (χ1n) is 9.52. The third-order valence-corrected chi connectivity index (χ3v) is 6.57. The fourth-order valence-electron chi connectivity index (χ4n) is 3.55. The van der Waals surface area contributed by atoms with Gasteiger partial charge in [-0.25, -0.2) is 9.37 Å². The molecule has 33 heavy (non-hydrogen) atoms. The Balaban J connectivity index is 2.03. The Kier molecular flexibility index (Phi) is 6.56. The molecule has 1 aromatic heterocycles. The molecule has 3 aromatic rings. The van der Waals surface area contributed by atoms with Crippen LogP contribution in [-0.2, 0) is 18.5 Å². The van der Waals surface area contributed by atoms with Gasteiger partial charge >= 0.3 is 18.0 Å². The van der Waals surface area contributed by atoms with Crippen molar-refractivity contribution < 1.29 is 30.7 Å². The van der Waals surface area contributed by atoms with Gasteiger partial charge in [0.1, 0.15) is 6.07 Å². The monoisotopic (exact) mass is 504 g/mol. The van der Waals surface area contributed by atoms with Crippen LogP contribution in [0.5, 0.6) is 0 Å². The molecule has 11 heteroatoms. The third-order valence-electron chi connectivity index (χ3n) is 5.27. The number of halogens is 7. The van der Waals surface area contributed by atoms with Gasteiger partial charge in [-0.15, -0.1) is 11.3 Å². The second-order valence-corrected chi connectivity index (χ2v) is 8.88. The minimum absolute atomic E-state index is 0.0668. The van der Waals surface area contributed by atoms with Gasteiger partial charge in [0.2, 0.25) is 0 Å². The number of aromatic nitrogens is 1. The number of hydrogen-bond acceptors (Lipinski definition) is 4. The Morgan fingerprint density at radius 3 is 2.24 bits per heavy atom. The third kappa shape index (κ3) is 4.46. The van der Waals surface area contributed by atoms with E-state index in [0.29, 0.717) is 38.3 Å². The van der Waals surface area contributed by atoms with E-state index in [1.54, 1.807) is 25.1 Å². The van der Waals surface area contributed by atoms with Crippen molar-refractivity contribution >= 4 is 38.6 Å². The second-order valence-electron chi connectivity index (χ2n) is 7.35. The van der Waals surface area contributed by atoms with Crippen molar-refractivity contribution in [1.29, 1.82) is 5.26 Å². The van der Waals surface area contributed by atoms with Crippen molar-refractivity contribution in [3.8, 4) is 6.07 Å². The van der Waals surface area contributed by atoms with Gasteiger partial charge in [0.25, 0.3) is 0 Å². The Bertz CT molecular complexity index is 1250. The summed E-state index contributed by atoms with van der Waals surface area (Å²) in [4.78, 5) is 4.52. The van der Waals surface area contributed by atoms with Gasteiger partial charge in [0.15, 0.2) is 5.01 Å². The van der Waals surface area contributed by atoms with Gasteiger partial charge in [-0.3, -0.25) is 0 Å². The molecule has 0 aliphatic carbocycles. The van der Waals surface area contributed by atoms with Crippen LogP contribution in [0.4, 0.5) is 30.7 Å². The largest absolute Gasteiger partial charge is 0.435 e. The van der Waals surface area contributed by atoms with E-state index in [1.165, 1.54) is 18.3 Å². The Hall–Kier alpha value is -2.58. The number of hydrogen-bond donors (Lipinski definition) is 0. The van der Waals surface area contributed by atoms with Gasteiger partial charge in [-0.2, -0.15) is 31.6 Å². The first-order valence-corrected chi connectivity index (χ1v) is 10.7. The van der Waals surface area contributed by atoms with Gasteiger partial charge < -0.3 is 0 Å². The zero-order valence-corrected chi connectivity index (χ0v) is 18.8. The number of thiazole rings is 1. The Labute approximate surface area is 193 Å². The highest BCUT2D eigenvalue weighted by atomic mass is 32.1. The lowest BCUT2D eigenvalue weighted by molar-refractivity contribution is -0.348. The highest BCUT2D eigenvalue weighted by molar-refractivity contribution is 7.80. The van der Waals surface area contributed by atoms with Crippen LogP contribution in [0, 0.1) is 18.3 Å². The summed E-state index contributed by atoms with van der Waals surface area (Å²) in [5, 5.41) is 9.26. The molecule has 0 aliphatic rings. The van der Waals surface area contributed by atoms with Crippen molar-refractivity contribution in [2.24, 2.45) is 0 Å². The maximum atomic E-state index is 14.6. The molecule has 0 unspecified atom stereocenters. The molecule has 0 fully saturated rings. The zero-order chi connectivity index (χ0) is 24.8. The number of rotatable bonds is 5. The van der Waals surface area contributed by atoms with Crippen LogP contribution in [0.3, 0.4) is 0 Å². The number of alkyl halides is 7. The molecule has 174 valence electrons. The van der Waals surface area contributed by atoms with E-state index >= 15 is 0 Å². The standard InChI is InChI=1S/C22H15F7N2S2/c1-3-12-7-14(20(23,21(24,25)26)22(27,28)29)6-11(2)15(12)9-17(32)13-4-5-16-18(8-13)33-19(10-30)31-16/h4-8H,3,9H2,1-2H3. The molecule has 0 N–H and O–H groups in total. The lowest BCUT2D eigenvalue weighted by Crippen LogP contribution is -2.50. The lowest BCUT2D eigenvalue weighted by atomic mass is 9.86. The molecular weight excluding hydrogens is 489 g/mol. The van der Waals surface area contributed by atoms with Gasteiger partial charge in [-0.05, 0) is 47.7 Å². The van der Waals surface area contributed by atoms with E-state index in [2.05, 4.69) is 4.98 Å². The summed E-state index contributed by atoms with van der Waals surface area (Å²) >= 11 is 6.65. The molecule has 3 rings (SSSR count). The molecule has 0 spiro atoms. The predicted molar refractivity (Wildman–Crippen MR) is 115 cm³/mol. The molecule has 2 aromatic carbocycles. The van der Waals surface area contributed by atoms with E-state index in [0.717, 1.165) is 0 Å². The fourth-order valence-corrected chi connectivity index (χ4v) is 4.63. The van der Waals surface area contributed by atoms with Crippen LogP contribution in [0.2, 0.25) is 0 Å². The number of nitriles is 1. The highest BCUT2D eigenvalue weighted by Gasteiger charge is 2.73. The van der Waals surface area contributed by atoms with Crippen LogP contribution in [0.15, 0.2) is 30.3 Å². The van der Waals surface area contributed by atoms with Crippen molar-refractivity contribution in [3.05, 3.63) is 63.2 Å². The maximum Gasteiger partial charge on any atom is 0.435 e. The smallest absolute Gasteiger partial charge is 0.226 e. The van der Waals surface area contributed by atoms with Crippen molar-refractivity contribution in [2.45, 2.75) is 44.7 Å². The molecule has 2 nitrogen and oxygen atoms in total. The number of nitrogens with zero attached hydrogens (tertiary/aromatic N) is 2. The first-order chi connectivity index (χ1) is 15.2. The van der Waals surface area contributed by atoms with Crippen molar-refractivity contribution in [3.63, 3.8) is 0 Å². The fraction of sp³-hybridized carbons (Fsp3) is 0.318. The molecular formula is C22H15F7N2S2. The van der Waals surface area contributed by atoms with Crippen LogP contribution in [-0.4, -0.2) is 22.2 Å². The van der Waals surface area contributed by atoms with E-state index in [1.807, 2.05) is 6.07 Å². The highest BCUT2D eigenvalue weighted by Crippen LogP contribution is 2.53. The van der Waals surface area contributed by atoms with Crippen molar-refractivity contribution in [2.75, 3.05) is 0 Å². The molecule has 0 bridgehead atoms. The summed E-state index contributed by atoms with van der Waals surface area (Å²) in [6, 6.07) is 8.24. The Morgan fingerprint density at radius 2 is 1.70 bits per heavy atom. The predicted octanol–water partition coefficient (Wildman–Crippen LogP) is 7.29. The lowest BCUT2D eigenvalue weighted by Gasteiger charge is -2.31. The van der Waals surface area contributed by atoms with Gasteiger partial charge in [0, 0.05) is 16.8 Å².